The fraction of sp³-hybridized carbons (Fsp3) is 0.250. The van der Waals surface area contributed by atoms with E-state index in [2.05, 4.69) is 15.2 Å². The highest BCUT2D eigenvalue weighted by Crippen LogP contribution is 2.22. The Morgan fingerprint density at radius 3 is 2.80 bits per heavy atom. The van der Waals surface area contributed by atoms with Crippen LogP contribution in [0.1, 0.15) is 5.82 Å². The molecule has 0 radical (unpaired) electrons. The van der Waals surface area contributed by atoms with Crippen molar-refractivity contribution in [3.63, 3.8) is 0 Å². The van der Waals surface area contributed by atoms with Crippen molar-refractivity contribution in [3.05, 3.63) is 35.9 Å². The molecule has 0 saturated carbocycles. The number of benzene rings is 1. The van der Waals surface area contributed by atoms with Gasteiger partial charge in [0.1, 0.15) is 23.5 Å². The minimum Gasteiger partial charge on any atom is -0.369 e. The largest absolute Gasteiger partial charge is 0.369 e. The normalized spacial score (nSPS) is 11.3. The Morgan fingerprint density at radius 2 is 2.10 bits per heavy atom. The SMILES string of the molecule is Cn1cnnc1CCn1c(N)nc2c(F)cc(F)cc21. The molecule has 0 fully saturated rings. The highest BCUT2D eigenvalue weighted by molar-refractivity contribution is 5.79. The average molecular weight is 278 g/mol. The van der Waals surface area contributed by atoms with Gasteiger partial charge in [-0.3, -0.25) is 0 Å². The maximum Gasteiger partial charge on any atom is 0.201 e. The van der Waals surface area contributed by atoms with Crippen LogP contribution < -0.4 is 5.73 Å². The predicted octanol–water partition coefficient (Wildman–Crippen LogP) is 1.27. The molecule has 0 spiro atoms. The van der Waals surface area contributed by atoms with E-state index >= 15 is 0 Å². The van der Waals surface area contributed by atoms with Gasteiger partial charge in [-0.25, -0.2) is 13.8 Å². The first-order chi connectivity index (χ1) is 9.56. The third kappa shape index (κ3) is 1.98. The molecule has 1 aromatic carbocycles. The molecule has 2 aromatic heterocycles. The Labute approximate surface area is 112 Å². The third-order valence-electron chi connectivity index (χ3n) is 3.17. The summed E-state index contributed by atoms with van der Waals surface area (Å²) < 4.78 is 30.3. The van der Waals surface area contributed by atoms with Gasteiger partial charge in [0.05, 0.1) is 5.52 Å². The summed E-state index contributed by atoms with van der Waals surface area (Å²) in [5, 5.41) is 7.72. The molecule has 0 aliphatic heterocycles. The molecule has 0 saturated heterocycles. The summed E-state index contributed by atoms with van der Waals surface area (Å²) in [6.45, 7) is 0.414. The van der Waals surface area contributed by atoms with E-state index in [-0.39, 0.29) is 11.5 Å². The van der Waals surface area contributed by atoms with Crippen molar-refractivity contribution in [2.24, 2.45) is 7.05 Å². The Morgan fingerprint density at radius 1 is 1.30 bits per heavy atom. The molecule has 0 aliphatic carbocycles. The van der Waals surface area contributed by atoms with Crippen LogP contribution >= 0.6 is 0 Å². The van der Waals surface area contributed by atoms with Gasteiger partial charge in [0.2, 0.25) is 5.95 Å². The van der Waals surface area contributed by atoms with E-state index in [4.69, 9.17) is 5.73 Å². The van der Waals surface area contributed by atoms with Gasteiger partial charge in [-0.1, -0.05) is 0 Å². The lowest BCUT2D eigenvalue weighted by Gasteiger charge is -2.06. The van der Waals surface area contributed by atoms with E-state index in [1.54, 1.807) is 15.5 Å². The van der Waals surface area contributed by atoms with Crippen LogP contribution in [-0.2, 0) is 20.0 Å². The number of aromatic nitrogens is 5. The quantitative estimate of drug-likeness (QED) is 0.783. The van der Waals surface area contributed by atoms with Crippen LogP contribution in [-0.4, -0.2) is 24.3 Å². The van der Waals surface area contributed by atoms with Crippen molar-refractivity contribution in [1.82, 2.24) is 24.3 Å². The van der Waals surface area contributed by atoms with Gasteiger partial charge in [0, 0.05) is 32.1 Å². The van der Waals surface area contributed by atoms with Gasteiger partial charge in [0.15, 0.2) is 5.82 Å². The Balaban J connectivity index is 1.99. The van der Waals surface area contributed by atoms with Crippen LogP contribution in [0.3, 0.4) is 0 Å². The van der Waals surface area contributed by atoms with Crippen molar-refractivity contribution in [1.29, 1.82) is 0 Å². The summed E-state index contributed by atoms with van der Waals surface area (Å²) in [5.41, 5.74) is 6.18. The smallest absolute Gasteiger partial charge is 0.201 e. The zero-order chi connectivity index (χ0) is 14.3. The number of aryl methyl sites for hydroxylation is 3. The molecule has 0 atom stereocenters. The summed E-state index contributed by atoms with van der Waals surface area (Å²) in [6.07, 6.45) is 2.12. The summed E-state index contributed by atoms with van der Waals surface area (Å²) in [6, 6.07) is 2.01. The molecule has 2 N–H and O–H groups in total. The fourth-order valence-corrected chi connectivity index (χ4v) is 2.15. The number of imidazole rings is 1. The van der Waals surface area contributed by atoms with Crippen molar-refractivity contribution < 1.29 is 8.78 Å². The molecule has 2 heterocycles. The van der Waals surface area contributed by atoms with Crippen molar-refractivity contribution >= 4 is 17.0 Å². The number of nitrogen functional groups attached to an aromatic ring is 1. The first-order valence-corrected chi connectivity index (χ1v) is 6.00. The first-order valence-electron chi connectivity index (χ1n) is 6.00. The molecule has 3 aromatic rings. The van der Waals surface area contributed by atoms with E-state index in [1.807, 2.05) is 7.05 Å². The molecule has 104 valence electrons. The van der Waals surface area contributed by atoms with E-state index in [0.717, 1.165) is 11.9 Å². The second-order valence-corrected chi connectivity index (χ2v) is 4.49. The Bertz CT molecular complexity index is 776. The Kier molecular flexibility index (Phi) is 2.85. The monoisotopic (exact) mass is 278 g/mol. The number of anilines is 1. The minimum atomic E-state index is -0.718. The van der Waals surface area contributed by atoms with Gasteiger partial charge in [-0.2, -0.15) is 0 Å². The molecule has 0 unspecified atom stereocenters. The lowest BCUT2D eigenvalue weighted by molar-refractivity contribution is 0.589. The molecule has 3 rings (SSSR count). The number of nitrogens with zero attached hydrogens (tertiary/aromatic N) is 5. The third-order valence-corrected chi connectivity index (χ3v) is 3.17. The number of hydrogen-bond acceptors (Lipinski definition) is 4. The molecular formula is C12H12F2N6. The van der Waals surface area contributed by atoms with Crippen LogP contribution in [0.4, 0.5) is 14.7 Å². The number of fused-ring (bicyclic) bond motifs is 1. The predicted molar refractivity (Wildman–Crippen MR) is 68.8 cm³/mol. The van der Waals surface area contributed by atoms with Crippen LogP contribution in [0.5, 0.6) is 0 Å². The van der Waals surface area contributed by atoms with E-state index < -0.39 is 11.6 Å². The lowest BCUT2D eigenvalue weighted by Crippen LogP contribution is -2.08. The van der Waals surface area contributed by atoms with Gasteiger partial charge in [-0.05, 0) is 0 Å². The van der Waals surface area contributed by atoms with Crippen molar-refractivity contribution in [2.45, 2.75) is 13.0 Å². The minimum absolute atomic E-state index is 0.0712. The second kappa shape index (κ2) is 4.55. The maximum absolute atomic E-state index is 13.6. The highest BCUT2D eigenvalue weighted by atomic mass is 19.1. The van der Waals surface area contributed by atoms with Crippen LogP contribution in [0, 0.1) is 11.6 Å². The Hall–Kier alpha value is -2.51. The standard InChI is InChI=1S/C12H12F2N6/c1-19-6-16-18-10(19)2-3-20-9-5-7(13)4-8(14)11(9)17-12(20)15/h4-6H,2-3H2,1H3,(H2,15,17). The molecule has 0 amide bonds. The average Bonchev–Trinajstić information content (AvgIpc) is 2.91. The number of hydrogen-bond donors (Lipinski definition) is 1. The zero-order valence-corrected chi connectivity index (χ0v) is 10.7. The number of rotatable bonds is 3. The summed E-state index contributed by atoms with van der Waals surface area (Å²) >= 11 is 0. The van der Waals surface area contributed by atoms with Crippen molar-refractivity contribution in [2.75, 3.05) is 5.73 Å². The van der Waals surface area contributed by atoms with E-state index in [9.17, 15) is 8.78 Å². The van der Waals surface area contributed by atoms with Crippen LogP contribution in [0.2, 0.25) is 0 Å². The molecule has 0 aliphatic rings. The lowest BCUT2D eigenvalue weighted by atomic mass is 10.3. The van der Waals surface area contributed by atoms with Gasteiger partial charge in [0.25, 0.3) is 0 Å². The van der Waals surface area contributed by atoms with Crippen molar-refractivity contribution in [3.8, 4) is 0 Å². The zero-order valence-electron chi connectivity index (χ0n) is 10.7. The summed E-state index contributed by atoms with van der Waals surface area (Å²) in [7, 11) is 1.82. The summed E-state index contributed by atoms with van der Waals surface area (Å²) in [4.78, 5) is 3.93. The molecule has 0 bridgehead atoms. The number of nitrogens with two attached hydrogens (primary N) is 1. The molecule has 20 heavy (non-hydrogen) atoms. The topological polar surface area (TPSA) is 74.5 Å². The van der Waals surface area contributed by atoms with Crippen LogP contribution in [0.15, 0.2) is 18.5 Å². The van der Waals surface area contributed by atoms with E-state index in [0.29, 0.717) is 18.5 Å². The maximum atomic E-state index is 13.6. The van der Waals surface area contributed by atoms with Gasteiger partial charge < -0.3 is 14.9 Å². The molecule has 8 heteroatoms. The highest BCUT2D eigenvalue weighted by Gasteiger charge is 2.14. The van der Waals surface area contributed by atoms with E-state index in [1.165, 1.54) is 6.07 Å². The van der Waals surface area contributed by atoms with Gasteiger partial charge in [-0.15, -0.1) is 10.2 Å². The van der Waals surface area contributed by atoms with Gasteiger partial charge >= 0.3 is 0 Å². The fourth-order valence-electron chi connectivity index (χ4n) is 2.15. The second-order valence-electron chi connectivity index (χ2n) is 4.49. The molecule has 6 nitrogen and oxygen atoms in total. The van der Waals surface area contributed by atoms with Crippen LogP contribution in [0.25, 0.3) is 11.0 Å². The first kappa shape index (κ1) is 12.5. The number of halogens is 2. The summed E-state index contributed by atoms with van der Waals surface area (Å²) in [5.74, 6) is -0.478. The molecular weight excluding hydrogens is 266 g/mol.